The molecule has 1 heterocycles. The zero-order chi connectivity index (χ0) is 13.5. The van der Waals surface area contributed by atoms with Crippen molar-refractivity contribution in [2.24, 2.45) is 0 Å². The molecule has 0 atom stereocenters. The first-order valence-electron chi connectivity index (χ1n) is 6.64. The van der Waals surface area contributed by atoms with Crippen LogP contribution in [0.15, 0.2) is 6.07 Å². The average molecular weight is 253 g/mol. The summed E-state index contributed by atoms with van der Waals surface area (Å²) in [6.07, 6.45) is 1.70. The second kappa shape index (κ2) is 7.16. The second-order valence-electron chi connectivity index (χ2n) is 4.21. The molecule has 102 valence electrons. The van der Waals surface area contributed by atoms with Gasteiger partial charge in [0.15, 0.2) is 0 Å². The highest BCUT2D eigenvalue weighted by Gasteiger charge is 2.19. The molecule has 1 aromatic heterocycles. The predicted octanol–water partition coefficient (Wildman–Crippen LogP) is 1.31. The van der Waals surface area contributed by atoms with Gasteiger partial charge in [0.25, 0.3) is 5.91 Å². The molecule has 0 saturated heterocycles. The molecule has 0 fully saturated rings. The fourth-order valence-corrected chi connectivity index (χ4v) is 1.92. The van der Waals surface area contributed by atoms with E-state index in [1.54, 1.807) is 9.58 Å². The van der Waals surface area contributed by atoms with Crippen molar-refractivity contribution >= 4 is 5.91 Å². The summed E-state index contributed by atoms with van der Waals surface area (Å²) in [7, 11) is 0. The zero-order valence-electron chi connectivity index (χ0n) is 11.5. The van der Waals surface area contributed by atoms with Gasteiger partial charge in [0.2, 0.25) is 0 Å². The highest BCUT2D eigenvalue weighted by molar-refractivity contribution is 5.92. The zero-order valence-corrected chi connectivity index (χ0v) is 11.5. The molecule has 0 aromatic carbocycles. The average Bonchev–Trinajstić information content (AvgIpc) is 2.81. The van der Waals surface area contributed by atoms with E-state index in [0.29, 0.717) is 25.3 Å². The van der Waals surface area contributed by atoms with Crippen LogP contribution in [0.4, 0.5) is 0 Å². The molecule has 1 aromatic rings. The topological polar surface area (TPSA) is 58.4 Å². The Hall–Kier alpha value is -1.36. The van der Waals surface area contributed by atoms with Gasteiger partial charge in [0.05, 0.1) is 12.3 Å². The molecule has 0 unspecified atom stereocenters. The summed E-state index contributed by atoms with van der Waals surface area (Å²) in [6, 6.07) is 1.85. The predicted molar refractivity (Wildman–Crippen MR) is 70.6 cm³/mol. The summed E-state index contributed by atoms with van der Waals surface area (Å²) < 4.78 is 1.74. The molecular formula is C13H23N3O2. The summed E-state index contributed by atoms with van der Waals surface area (Å²) in [5, 5.41) is 13.4. The van der Waals surface area contributed by atoms with Gasteiger partial charge in [0.1, 0.15) is 5.69 Å². The first-order valence-corrected chi connectivity index (χ1v) is 6.64. The van der Waals surface area contributed by atoms with Crippen molar-refractivity contribution in [3.05, 3.63) is 17.5 Å². The molecule has 0 bridgehead atoms. The Morgan fingerprint density at radius 3 is 2.61 bits per heavy atom. The third-order valence-electron chi connectivity index (χ3n) is 2.86. The Morgan fingerprint density at radius 1 is 1.39 bits per heavy atom. The molecule has 1 N–H and O–H groups in total. The van der Waals surface area contributed by atoms with Crippen molar-refractivity contribution in [2.75, 3.05) is 19.7 Å². The van der Waals surface area contributed by atoms with Crippen LogP contribution in [0.1, 0.15) is 43.4 Å². The second-order valence-corrected chi connectivity index (χ2v) is 4.21. The van der Waals surface area contributed by atoms with Crippen LogP contribution in [0.25, 0.3) is 0 Å². The number of aliphatic hydroxyl groups excluding tert-OH is 1. The van der Waals surface area contributed by atoms with Crippen molar-refractivity contribution in [3.63, 3.8) is 0 Å². The molecule has 0 aliphatic rings. The summed E-state index contributed by atoms with van der Waals surface area (Å²) >= 11 is 0. The van der Waals surface area contributed by atoms with E-state index in [0.717, 1.165) is 18.5 Å². The van der Waals surface area contributed by atoms with Gasteiger partial charge in [-0.15, -0.1) is 0 Å². The molecule has 18 heavy (non-hydrogen) atoms. The van der Waals surface area contributed by atoms with E-state index in [2.05, 4.69) is 5.10 Å². The molecule has 5 nitrogen and oxygen atoms in total. The van der Waals surface area contributed by atoms with E-state index in [-0.39, 0.29) is 12.5 Å². The lowest BCUT2D eigenvalue weighted by Crippen LogP contribution is -2.35. The van der Waals surface area contributed by atoms with Crippen LogP contribution in [0, 0.1) is 0 Å². The maximum atomic E-state index is 12.4. The SMILES string of the molecule is CCCN(CCO)C(=O)c1cc(CC)nn1CC. The Bertz CT molecular complexity index is 382. The highest BCUT2D eigenvalue weighted by Crippen LogP contribution is 2.09. The smallest absolute Gasteiger partial charge is 0.272 e. The van der Waals surface area contributed by atoms with Crippen LogP contribution in [0.5, 0.6) is 0 Å². The number of hydrogen-bond donors (Lipinski definition) is 1. The van der Waals surface area contributed by atoms with Crippen LogP contribution in [0.2, 0.25) is 0 Å². The van der Waals surface area contributed by atoms with Gasteiger partial charge in [0, 0.05) is 19.6 Å². The van der Waals surface area contributed by atoms with Crippen LogP contribution < -0.4 is 0 Å². The van der Waals surface area contributed by atoms with Gasteiger partial charge >= 0.3 is 0 Å². The van der Waals surface area contributed by atoms with Crippen LogP contribution in [-0.4, -0.2) is 45.4 Å². The lowest BCUT2D eigenvalue weighted by atomic mass is 10.2. The number of rotatable bonds is 7. The fraction of sp³-hybridized carbons (Fsp3) is 0.692. The van der Waals surface area contributed by atoms with Crippen molar-refractivity contribution in [3.8, 4) is 0 Å². The quantitative estimate of drug-likeness (QED) is 0.797. The van der Waals surface area contributed by atoms with Crippen molar-refractivity contribution < 1.29 is 9.90 Å². The van der Waals surface area contributed by atoms with E-state index in [9.17, 15) is 4.79 Å². The number of aliphatic hydroxyl groups is 1. The maximum absolute atomic E-state index is 12.4. The summed E-state index contributed by atoms with van der Waals surface area (Å²) in [5.41, 5.74) is 1.55. The van der Waals surface area contributed by atoms with Gasteiger partial charge in [-0.25, -0.2) is 0 Å². The van der Waals surface area contributed by atoms with E-state index >= 15 is 0 Å². The molecular weight excluding hydrogens is 230 g/mol. The largest absolute Gasteiger partial charge is 0.395 e. The molecule has 0 spiro atoms. The van der Waals surface area contributed by atoms with Crippen LogP contribution in [-0.2, 0) is 13.0 Å². The number of aryl methyl sites for hydroxylation is 2. The minimum Gasteiger partial charge on any atom is -0.395 e. The Labute approximate surface area is 108 Å². The lowest BCUT2D eigenvalue weighted by molar-refractivity contribution is 0.0709. The number of carbonyl (C=O) groups excluding carboxylic acids is 1. The standard InChI is InChI=1S/C13H23N3O2/c1-4-7-15(8-9-17)13(18)12-10-11(5-2)14-16(12)6-3/h10,17H,4-9H2,1-3H3. The summed E-state index contributed by atoms with van der Waals surface area (Å²) in [6.45, 7) is 7.73. The van der Waals surface area contributed by atoms with Gasteiger partial charge in [-0.2, -0.15) is 5.10 Å². The van der Waals surface area contributed by atoms with Gasteiger partial charge < -0.3 is 10.0 Å². The first kappa shape index (κ1) is 14.7. The number of hydrogen-bond acceptors (Lipinski definition) is 3. The molecule has 1 amide bonds. The summed E-state index contributed by atoms with van der Waals surface area (Å²) in [5.74, 6) is -0.0417. The molecule has 0 saturated carbocycles. The van der Waals surface area contributed by atoms with Crippen molar-refractivity contribution in [2.45, 2.75) is 40.2 Å². The van der Waals surface area contributed by atoms with E-state index in [1.807, 2.05) is 26.8 Å². The maximum Gasteiger partial charge on any atom is 0.272 e. The third kappa shape index (κ3) is 3.32. The van der Waals surface area contributed by atoms with E-state index < -0.39 is 0 Å². The minimum absolute atomic E-state index is 0.00730. The minimum atomic E-state index is -0.0417. The molecule has 0 aliphatic heterocycles. The normalized spacial score (nSPS) is 10.7. The van der Waals surface area contributed by atoms with Crippen LogP contribution in [0.3, 0.4) is 0 Å². The van der Waals surface area contributed by atoms with Crippen molar-refractivity contribution in [1.29, 1.82) is 0 Å². The van der Waals surface area contributed by atoms with E-state index in [1.165, 1.54) is 0 Å². The van der Waals surface area contributed by atoms with Gasteiger partial charge in [-0.1, -0.05) is 13.8 Å². The lowest BCUT2D eigenvalue weighted by Gasteiger charge is -2.21. The number of nitrogens with zero attached hydrogens (tertiary/aromatic N) is 3. The fourth-order valence-electron chi connectivity index (χ4n) is 1.92. The van der Waals surface area contributed by atoms with E-state index in [4.69, 9.17) is 5.11 Å². The first-order chi connectivity index (χ1) is 8.67. The van der Waals surface area contributed by atoms with Crippen LogP contribution >= 0.6 is 0 Å². The number of amides is 1. The Kier molecular flexibility index (Phi) is 5.85. The molecule has 0 radical (unpaired) electrons. The summed E-state index contributed by atoms with van der Waals surface area (Å²) in [4.78, 5) is 14.1. The Morgan fingerprint density at radius 2 is 2.11 bits per heavy atom. The molecule has 0 aliphatic carbocycles. The molecule has 5 heteroatoms. The number of carbonyl (C=O) groups is 1. The molecule has 1 rings (SSSR count). The number of aromatic nitrogens is 2. The third-order valence-corrected chi connectivity index (χ3v) is 2.86. The van der Waals surface area contributed by atoms with Gasteiger partial charge in [-0.3, -0.25) is 9.48 Å². The van der Waals surface area contributed by atoms with Gasteiger partial charge in [-0.05, 0) is 25.8 Å². The Balaban J connectivity index is 2.95. The highest BCUT2D eigenvalue weighted by atomic mass is 16.3. The monoisotopic (exact) mass is 253 g/mol. The van der Waals surface area contributed by atoms with Crippen molar-refractivity contribution in [1.82, 2.24) is 14.7 Å².